The predicted octanol–water partition coefficient (Wildman–Crippen LogP) is 2.96. The Labute approximate surface area is 173 Å². The molecule has 30 heavy (non-hydrogen) atoms. The van der Waals surface area contributed by atoms with Crippen LogP contribution in [0.5, 0.6) is 11.5 Å². The lowest BCUT2D eigenvalue weighted by atomic mass is 10.1. The van der Waals surface area contributed by atoms with Gasteiger partial charge >= 0.3 is 6.03 Å². The van der Waals surface area contributed by atoms with Gasteiger partial charge in [-0.2, -0.15) is 0 Å². The van der Waals surface area contributed by atoms with Crippen LogP contribution in [0.2, 0.25) is 0 Å². The van der Waals surface area contributed by atoms with Crippen LogP contribution in [0.25, 0.3) is 0 Å². The number of halogens is 1. The fraction of sp³-hybridized carbons (Fsp3) is 0.273. The van der Waals surface area contributed by atoms with E-state index in [-0.39, 0.29) is 11.8 Å². The largest absolute Gasteiger partial charge is 0.486 e. The Hall–Kier alpha value is -3.55. The van der Waals surface area contributed by atoms with E-state index < -0.39 is 6.04 Å². The lowest BCUT2D eigenvalue weighted by molar-refractivity contribution is 0.171. The number of nitrogens with one attached hydrogen (secondary N) is 2. The highest BCUT2D eigenvalue weighted by Crippen LogP contribution is 2.30. The number of carbonyl (C=O) groups is 1. The zero-order valence-corrected chi connectivity index (χ0v) is 16.6. The second-order valence-electron chi connectivity index (χ2n) is 7.01. The van der Waals surface area contributed by atoms with Gasteiger partial charge in [-0.15, -0.1) is 0 Å². The number of rotatable bonds is 6. The van der Waals surface area contributed by atoms with Gasteiger partial charge in [0.1, 0.15) is 30.9 Å². The second-order valence-corrected chi connectivity index (χ2v) is 7.01. The average molecular weight is 410 g/mol. The number of aryl methyl sites for hydroxylation is 1. The van der Waals surface area contributed by atoms with Crippen molar-refractivity contribution in [1.29, 1.82) is 0 Å². The van der Waals surface area contributed by atoms with E-state index in [4.69, 9.17) is 9.47 Å². The minimum atomic E-state index is -0.574. The summed E-state index contributed by atoms with van der Waals surface area (Å²) in [5.41, 5.74) is 1.65. The van der Waals surface area contributed by atoms with Crippen LogP contribution in [0.4, 0.5) is 9.18 Å². The molecule has 0 radical (unpaired) electrons. The number of ether oxygens (including phenoxy) is 2. The molecular formula is C22H23FN4O3. The summed E-state index contributed by atoms with van der Waals surface area (Å²) in [5.74, 6) is 1.71. The minimum Gasteiger partial charge on any atom is -0.486 e. The summed E-state index contributed by atoms with van der Waals surface area (Å²) in [6, 6.07) is 11.0. The van der Waals surface area contributed by atoms with Crippen LogP contribution in [0.15, 0.2) is 54.9 Å². The van der Waals surface area contributed by atoms with Gasteiger partial charge < -0.3 is 24.7 Å². The third kappa shape index (κ3) is 4.53. The third-order valence-corrected chi connectivity index (χ3v) is 4.88. The molecule has 3 aromatic rings. The van der Waals surface area contributed by atoms with Crippen LogP contribution in [0, 0.1) is 5.82 Å². The van der Waals surface area contributed by atoms with Gasteiger partial charge in [-0.05, 0) is 41.8 Å². The monoisotopic (exact) mass is 410 g/mol. The highest BCUT2D eigenvalue weighted by molar-refractivity contribution is 5.74. The molecule has 2 heterocycles. The van der Waals surface area contributed by atoms with Gasteiger partial charge in [0, 0.05) is 26.0 Å². The molecule has 0 spiro atoms. The maximum atomic E-state index is 13.7. The van der Waals surface area contributed by atoms with Gasteiger partial charge in [-0.25, -0.2) is 14.2 Å². The summed E-state index contributed by atoms with van der Waals surface area (Å²) in [5, 5.41) is 5.75. The molecule has 0 fully saturated rings. The van der Waals surface area contributed by atoms with E-state index in [0.717, 1.165) is 17.1 Å². The summed E-state index contributed by atoms with van der Waals surface area (Å²) in [4.78, 5) is 16.9. The molecule has 156 valence electrons. The number of amides is 2. The number of hydrogen-bond donors (Lipinski definition) is 2. The molecule has 2 N–H and O–H groups in total. The smallest absolute Gasteiger partial charge is 0.315 e. The quantitative estimate of drug-likeness (QED) is 0.655. The highest BCUT2D eigenvalue weighted by Gasteiger charge is 2.21. The van der Waals surface area contributed by atoms with E-state index >= 15 is 0 Å². The maximum absolute atomic E-state index is 13.7. The average Bonchev–Trinajstić information content (AvgIpc) is 3.17. The number of aromatic nitrogens is 2. The van der Waals surface area contributed by atoms with Crippen molar-refractivity contribution in [2.24, 2.45) is 7.05 Å². The molecular weight excluding hydrogens is 387 g/mol. The van der Waals surface area contributed by atoms with Crippen LogP contribution >= 0.6 is 0 Å². The first-order valence-electron chi connectivity index (χ1n) is 9.76. The second kappa shape index (κ2) is 8.86. The first-order valence-corrected chi connectivity index (χ1v) is 9.76. The molecule has 0 saturated heterocycles. The number of imidazole rings is 1. The van der Waals surface area contributed by atoms with Crippen LogP contribution in [-0.2, 0) is 13.5 Å². The van der Waals surface area contributed by atoms with Gasteiger partial charge in [0.2, 0.25) is 0 Å². The molecule has 1 aliphatic heterocycles. The van der Waals surface area contributed by atoms with Crippen molar-refractivity contribution in [3.63, 3.8) is 0 Å². The fourth-order valence-electron chi connectivity index (χ4n) is 3.38. The molecule has 7 nitrogen and oxygen atoms in total. The number of nitrogens with zero attached hydrogens (tertiary/aromatic N) is 2. The Morgan fingerprint density at radius 3 is 2.80 bits per heavy atom. The molecule has 0 saturated carbocycles. The van der Waals surface area contributed by atoms with Gasteiger partial charge in [-0.3, -0.25) is 0 Å². The zero-order chi connectivity index (χ0) is 20.9. The Kier molecular flexibility index (Phi) is 5.83. The molecule has 8 heteroatoms. The zero-order valence-electron chi connectivity index (χ0n) is 16.6. The fourth-order valence-corrected chi connectivity index (χ4v) is 3.38. The van der Waals surface area contributed by atoms with Crippen molar-refractivity contribution < 1.29 is 18.7 Å². The summed E-state index contributed by atoms with van der Waals surface area (Å²) in [6.45, 7) is 1.52. The number of hydrogen-bond acceptors (Lipinski definition) is 4. The number of benzene rings is 2. The van der Waals surface area contributed by atoms with E-state index in [1.54, 1.807) is 29.1 Å². The van der Waals surface area contributed by atoms with Gasteiger partial charge in [-0.1, -0.05) is 18.2 Å². The summed E-state index contributed by atoms with van der Waals surface area (Å²) in [7, 11) is 1.83. The Bertz CT molecular complexity index is 1040. The number of carbonyl (C=O) groups excluding carboxylic acids is 1. The first-order chi connectivity index (χ1) is 14.6. The van der Waals surface area contributed by atoms with Gasteiger partial charge in [0.05, 0.1) is 0 Å². The minimum absolute atomic E-state index is 0.357. The molecule has 0 bridgehead atoms. The third-order valence-electron chi connectivity index (χ3n) is 4.88. The molecule has 1 aromatic heterocycles. The molecule has 1 unspecified atom stereocenters. The summed E-state index contributed by atoms with van der Waals surface area (Å²) >= 11 is 0. The van der Waals surface area contributed by atoms with E-state index in [9.17, 15) is 9.18 Å². The van der Waals surface area contributed by atoms with E-state index in [0.29, 0.717) is 37.6 Å². The van der Waals surface area contributed by atoms with Crippen molar-refractivity contribution in [2.75, 3.05) is 19.8 Å². The molecule has 1 aliphatic rings. The van der Waals surface area contributed by atoms with Crippen LogP contribution < -0.4 is 20.1 Å². The number of fused-ring (bicyclic) bond motifs is 1. The Balaban J connectivity index is 1.39. The van der Waals surface area contributed by atoms with E-state index in [2.05, 4.69) is 15.6 Å². The van der Waals surface area contributed by atoms with Crippen molar-refractivity contribution >= 4 is 6.03 Å². The molecule has 2 aromatic carbocycles. The summed E-state index contributed by atoms with van der Waals surface area (Å²) in [6.07, 6.45) is 4.06. The lowest BCUT2D eigenvalue weighted by Crippen LogP contribution is -2.40. The highest BCUT2D eigenvalue weighted by atomic mass is 19.1. The van der Waals surface area contributed by atoms with Crippen molar-refractivity contribution in [3.8, 4) is 11.5 Å². The molecule has 4 rings (SSSR count). The van der Waals surface area contributed by atoms with E-state index in [1.165, 1.54) is 12.1 Å². The standard InChI is InChI=1S/C22H23FN4O3/c1-27-10-9-24-21(27)20(16-3-2-4-17(23)14-16)26-22(28)25-8-7-15-5-6-18-19(13-15)30-12-11-29-18/h2-6,9-10,13-14,20H,7-8,11-12H2,1H3,(H2,25,26,28). The Morgan fingerprint density at radius 1 is 1.20 bits per heavy atom. The van der Waals surface area contributed by atoms with Crippen LogP contribution in [0.3, 0.4) is 0 Å². The topological polar surface area (TPSA) is 77.4 Å². The van der Waals surface area contributed by atoms with Gasteiger partial charge in [0.15, 0.2) is 11.5 Å². The van der Waals surface area contributed by atoms with E-state index in [1.807, 2.05) is 25.2 Å². The normalized spacial score (nSPS) is 13.5. The molecule has 0 aliphatic carbocycles. The molecule has 2 amide bonds. The van der Waals surface area contributed by atoms with Crippen LogP contribution in [0.1, 0.15) is 23.0 Å². The van der Waals surface area contributed by atoms with Crippen molar-refractivity contribution in [2.45, 2.75) is 12.5 Å². The van der Waals surface area contributed by atoms with Crippen molar-refractivity contribution in [3.05, 3.63) is 77.6 Å². The summed E-state index contributed by atoms with van der Waals surface area (Å²) < 4.78 is 26.7. The Morgan fingerprint density at radius 2 is 2.03 bits per heavy atom. The van der Waals surface area contributed by atoms with Crippen molar-refractivity contribution in [1.82, 2.24) is 20.2 Å². The van der Waals surface area contributed by atoms with Gasteiger partial charge in [0.25, 0.3) is 0 Å². The molecule has 1 atom stereocenters. The predicted molar refractivity (Wildman–Crippen MR) is 109 cm³/mol. The SMILES string of the molecule is Cn1ccnc1C(NC(=O)NCCc1ccc2c(c1)OCCO2)c1cccc(F)c1. The lowest BCUT2D eigenvalue weighted by Gasteiger charge is -2.20. The number of urea groups is 1. The first kappa shape index (κ1) is 19.8. The maximum Gasteiger partial charge on any atom is 0.315 e. The van der Waals surface area contributed by atoms with Crippen LogP contribution in [-0.4, -0.2) is 35.3 Å².